The van der Waals surface area contributed by atoms with Crippen LogP contribution in [0, 0.1) is 11.8 Å². The van der Waals surface area contributed by atoms with Crippen LogP contribution in [0.3, 0.4) is 0 Å². The standard InChI is InChI=1S/C26H31F2N7O2/c27-20-5-1-4-18(14-20)10-12-32-35-23(15-24(28)33-35)22-9-8-19(16-30-22)26(37)31-17-21-6-3-13-34(21)25(36)7-2-11-29/h1,4-5,8-9,14-16,21,32H,2-3,6-7,10-13,17,29H2,(H,31,37)/t21-/m1/s1. The number of hydrogen-bond donors (Lipinski definition) is 3. The average molecular weight is 512 g/mol. The van der Waals surface area contributed by atoms with Crippen LogP contribution in [0.25, 0.3) is 11.4 Å². The van der Waals surface area contributed by atoms with Crippen molar-refractivity contribution in [1.82, 2.24) is 25.1 Å². The predicted octanol–water partition coefficient (Wildman–Crippen LogP) is 2.47. The minimum atomic E-state index is -0.681. The molecule has 4 rings (SSSR count). The van der Waals surface area contributed by atoms with Gasteiger partial charge >= 0.3 is 0 Å². The molecule has 11 heteroatoms. The summed E-state index contributed by atoms with van der Waals surface area (Å²) >= 11 is 0. The van der Waals surface area contributed by atoms with Crippen LogP contribution < -0.4 is 16.5 Å². The minimum Gasteiger partial charge on any atom is -0.350 e. The summed E-state index contributed by atoms with van der Waals surface area (Å²) in [4.78, 5) is 32.5. The fourth-order valence-electron chi connectivity index (χ4n) is 4.42. The summed E-state index contributed by atoms with van der Waals surface area (Å²) in [6, 6.07) is 10.7. The number of benzene rings is 1. The first-order valence-electron chi connectivity index (χ1n) is 12.4. The Labute approximate surface area is 214 Å². The van der Waals surface area contributed by atoms with Crippen LogP contribution in [0.1, 0.15) is 41.6 Å². The Kier molecular flexibility index (Phi) is 8.78. The van der Waals surface area contributed by atoms with E-state index in [4.69, 9.17) is 5.73 Å². The van der Waals surface area contributed by atoms with Gasteiger partial charge in [-0.2, -0.15) is 9.18 Å². The van der Waals surface area contributed by atoms with E-state index in [1.54, 1.807) is 18.2 Å². The van der Waals surface area contributed by atoms with E-state index < -0.39 is 5.95 Å². The van der Waals surface area contributed by atoms with Gasteiger partial charge in [0.2, 0.25) is 11.9 Å². The summed E-state index contributed by atoms with van der Waals surface area (Å²) in [7, 11) is 0. The van der Waals surface area contributed by atoms with Crippen LogP contribution in [-0.4, -0.2) is 63.8 Å². The van der Waals surface area contributed by atoms with E-state index in [0.29, 0.717) is 62.4 Å². The lowest BCUT2D eigenvalue weighted by Gasteiger charge is -2.25. The number of nitrogens with one attached hydrogen (secondary N) is 2. The van der Waals surface area contributed by atoms with Gasteiger partial charge < -0.3 is 21.4 Å². The molecule has 0 spiro atoms. The maximum Gasteiger partial charge on any atom is 0.252 e. The molecular weight excluding hydrogens is 480 g/mol. The van der Waals surface area contributed by atoms with E-state index >= 15 is 0 Å². The van der Waals surface area contributed by atoms with E-state index in [-0.39, 0.29) is 23.7 Å². The molecule has 2 aromatic heterocycles. The molecule has 9 nitrogen and oxygen atoms in total. The zero-order valence-corrected chi connectivity index (χ0v) is 20.5. The number of carbonyl (C=O) groups excluding carboxylic acids is 2. The second-order valence-electron chi connectivity index (χ2n) is 8.97. The number of nitrogens with two attached hydrogens (primary N) is 1. The topological polar surface area (TPSA) is 118 Å². The second-order valence-corrected chi connectivity index (χ2v) is 8.97. The number of halogens is 2. The first-order chi connectivity index (χ1) is 17.9. The molecule has 1 aliphatic heterocycles. The number of pyridine rings is 1. The number of hydrogen-bond acceptors (Lipinski definition) is 6. The van der Waals surface area contributed by atoms with Gasteiger partial charge in [0.25, 0.3) is 5.91 Å². The van der Waals surface area contributed by atoms with E-state index in [0.717, 1.165) is 18.4 Å². The predicted molar refractivity (Wildman–Crippen MR) is 135 cm³/mol. The van der Waals surface area contributed by atoms with Crippen LogP contribution in [0.2, 0.25) is 0 Å². The third kappa shape index (κ3) is 6.88. The van der Waals surface area contributed by atoms with Gasteiger partial charge in [0.05, 0.1) is 11.3 Å². The number of amides is 2. The molecule has 37 heavy (non-hydrogen) atoms. The van der Waals surface area contributed by atoms with Gasteiger partial charge in [-0.1, -0.05) is 12.1 Å². The first-order valence-corrected chi connectivity index (χ1v) is 12.4. The molecule has 0 radical (unpaired) electrons. The van der Waals surface area contributed by atoms with Crippen molar-refractivity contribution in [2.45, 2.75) is 38.1 Å². The average Bonchev–Trinajstić information content (AvgIpc) is 3.52. The normalized spacial score (nSPS) is 15.1. The highest BCUT2D eigenvalue weighted by Crippen LogP contribution is 2.19. The number of nitrogens with zero attached hydrogens (tertiary/aromatic N) is 4. The Morgan fingerprint density at radius 2 is 2.03 bits per heavy atom. The van der Waals surface area contributed by atoms with E-state index in [1.165, 1.54) is 29.2 Å². The summed E-state index contributed by atoms with van der Waals surface area (Å²) in [5.41, 5.74) is 10.5. The molecule has 0 bridgehead atoms. The smallest absolute Gasteiger partial charge is 0.252 e. The van der Waals surface area contributed by atoms with Crippen LogP contribution in [0.5, 0.6) is 0 Å². The second kappa shape index (κ2) is 12.4. The highest BCUT2D eigenvalue weighted by Gasteiger charge is 2.28. The first kappa shape index (κ1) is 26.2. The van der Waals surface area contributed by atoms with E-state index in [2.05, 4.69) is 20.8 Å². The molecule has 196 valence electrons. The molecule has 1 aliphatic rings. The monoisotopic (exact) mass is 511 g/mol. The molecule has 1 fully saturated rings. The lowest BCUT2D eigenvalue weighted by Crippen LogP contribution is -2.43. The molecule has 1 atom stereocenters. The number of rotatable bonds is 11. The fourth-order valence-corrected chi connectivity index (χ4v) is 4.42. The summed E-state index contributed by atoms with van der Waals surface area (Å²) in [6.45, 7) is 1.93. The Balaban J connectivity index is 1.33. The molecule has 3 aromatic rings. The third-order valence-corrected chi connectivity index (χ3v) is 6.32. The molecule has 0 aliphatic carbocycles. The van der Waals surface area contributed by atoms with Crippen molar-refractivity contribution in [3.8, 4) is 11.4 Å². The van der Waals surface area contributed by atoms with Crippen molar-refractivity contribution < 1.29 is 18.4 Å². The van der Waals surface area contributed by atoms with Gasteiger partial charge in [0.15, 0.2) is 0 Å². The quantitative estimate of drug-likeness (QED) is 0.364. The Hall–Kier alpha value is -3.86. The van der Waals surface area contributed by atoms with Crippen molar-refractivity contribution >= 4 is 11.8 Å². The van der Waals surface area contributed by atoms with Crippen molar-refractivity contribution in [2.75, 3.05) is 31.6 Å². The van der Waals surface area contributed by atoms with Gasteiger partial charge in [-0.05, 0) is 62.1 Å². The maximum absolute atomic E-state index is 13.9. The van der Waals surface area contributed by atoms with Crippen LogP contribution in [-0.2, 0) is 11.2 Å². The van der Waals surface area contributed by atoms with E-state index in [1.807, 2.05) is 11.0 Å². The highest BCUT2D eigenvalue weighted by atomic mass is 19.1. The zero-order valence-electron chi connectivity index (χ0n) is 20.5. The molecule has 2 amide bonds. The summed E-state index contributed by atoms with van der Waals surface area (Å²) in [6.07, 6.45) is 4.76. The number of carbonyl (C=O) groups is 2. The summed E-state index contributed by atoms with van der Waals surface area (Å²) in [5.74, 6) is -1.22. The fraction of sp³-hybridized carbons (Fsp3) is 0.385. The van der Waals surface area contributed by atoms with E-state index in [9.17, 15) is 18.4 Å². The maximum atomic E-state index is 13.9. The SMILES string of the molecule is NCCCC(=O)N1CCC[C@@H]1CNC(=O)c1ccc(-c2cc(F)nn2NCCc2cccc(F)c2)nc1. The van der Waals surface area contributed by atoms with Gasteiger partial charge in [-0.25, -0.2) is 4.39 Å². The summed E-state index contributed by atoms with van der Waals surface area (Å²) in [5, 5.41) is 6.70. The molecule has 1 aromatic carbocycles. The van der Waals surface area contributed by atoms with Gasteiger partial charge in [-0.15, -0.1) is 5.10 Å². The molecule has 0 saturated carbocycles. The van der Waals surface area contributed by atoms with Crippen molar-refractivity contribution in [2.24, 2.45) is 5.73 Å². The third-order valence-electron chi connectivity index (χ3n) is 6.32. The van der Waals surface area contributed by atoms with Gasteiger partial charge in [0, 0.05) is 44.4 Å². The van der Waals surface area contributed by atoms with Gasteiger partial charge in [0.1, 0.15) is 11.5 Å². The largest absolute Gasteiger partial charge is 0.350 e. The Morgan fingerprint density at radius 3 is 2.78 bits per heavy atom. The number of likely N-dealkylation sites (tertiary alicyclic amines) is 1. The molecule has 4 N–H and O–H groups in total. The lowest BCUT2D eigenvalue weighted by atomic mass is 10.1. The highest BCUT2D eigenvalue weighted by molar-refractivity contribution is 5.94. The Bertz CT molecular complexity index is 1220. The van der Waals surface area contributed by atoms with Crippen molar-refractivity contribution in [1.29, 1.82) is 0 Å². The zero-order chi connectivity index (χ0) is 26.2. The Morgan fingerprint density at radius 1 is 1.16 bits per heavy atom. The lowest BCUT2D eigenvalue weighted by molar-refractivity contribution is -0.132. The molecular formula is C26H31F2N7O2. The number of aromatic nitrogens is 3. The van der Waals surface area contributed by atoms with Crippen molar-refractivity contribution in [3.05, 3.63) is 71.6 Å². The molecule has 1 saturated heterocycles. The van der Waals surface area contributed by atoms with Gasteiger partial charge in [-0.3, -0.25) is 14.6 Å². The summed E-state index contributed by atoms with van der Waals surface area (Å²) < 4.78 is 27.3. The molecule has 3 heterocycles. The van der Waals surface area contributed by atoms with Crippen LogP contribution in [0.15, 0.2) is 48.7 Å². The van der Waals surface area contributed by atoms with Crippen LogP contribution >= 0.6 is 0 Å². The molecule has 0 unspecified atom stereocenters. The minimum absolute atomic E-state index is 0.0303. The van der Waals surface area contributed by atoms with Crippen LogP contribution in [0.4, 0.5) is 8.78 Å². The van der Waals surface area contributed by atoms with Crippen molar-refractivity contribution in [3.63, 3.8) is 0 Å².